The number of nitrogens with zero attached hydrogens (tertiary/aromatic N) is 1. The summed E-state index contributed by atoms with van der Waals surface area (Å²) in [6, 6.07) is 7.30. The lowest BCUT2D eigenvalue weighted by Crippen LogP contribution is -2.44. The van der Waals surface area contributed by atoms with E-state index in [9.17, 15) is 9.59 Å². The molecule has 0 saturated carbocycles. The van der Waals surface area contributed by atoms with Crippen molar-refractivity contribution < 1.29 is 9.59 Å². The van der Waals surface area contributed by atoms with Crippen LogP contribution in [-0.2, 0) is 11.2 Å². The molecule has 0 bridgehead atoms. The summed E-state index contributed by atoms with van der Waals surface area (Å²) in [4.78, 5) is 25.4. The lowest BCUT2D eigenvalue weighted by atomic mass is 9.98. The molecule has 0 spiro atoms. The van der Waals surface area contributed by atoms with Gasteiger partial charge in [0, 0.05) is 12.1 Å². The Labute approximate surface area is 106 Å². The quantitative estimate of drug-likeness (QED) is 0.655. The molecule has 0 N–H and O–H groups in total. The molecule has 1 aliphatic rings. The van der Waals surface area contributed by atoms with Crippen molar-refractivity contribution >= 4 is 24.4 Å². The van der Waals surface area contributed by atoms with E-state index < -0.39 is 0 Å². The highest BCUT2D eigenvalue weighted by Crippen LogP contribution is 2.20. The van der Waals surface area contributed by atoms with Crippen LogP contribution in [0.4, 0.5) is 0 Å². The molecule has 0 fully saturated rings. The van der Waals surface area contributed by atoms with E-state index in [0.29, 0.717) is 24.3 Å². The van der Waals surface area contributed by atoms with Gasteiger partial charge in [0.15, 0.2) is 0 Å². The number of carbonyl (C=O) groups excluding carboxylic acids is 2. The minimum Gasteiger partial charge on any atom is -0.278 e. The largest absolute Gasteiger partial charge is 0.278 e. The molecule has 1 atom stereocenters. The predicted octanol–water partition coefficient (Wildman–Crippen LogP) is 1.78. The highest BCUT2D eigenvalue weighted by atomic mass is 32.1. The smallest absolute Gasteiger partial charge is 0.260 e. The highest BCUT2D eigenvalue weighted by Gasteiger charge is 2.30. The monoisotopic (exact) mass is 249 g/mol. The molecule has 1 unspecified atom stereocenters. The summed E-state index contributed by atoms with van der Waals surface area (Å²) in [5.74, 6) is 0.600. The van der Waals surface area contributed by atoms with Crippen molar-refractivity contribution in [2.45, 2.75) is 13.3 Å². The van der Waals surface area contributed by atoms with Crippen molar-refractivity contribution in [3.05, 3.63) is 35.4 Å². The van der Waals surface area contributed by atoms with Crippen molar-refractivity contribution in [1.29, 1.82) is 0 Å². The zero-order valence-corrected chi connectivity index (χ0v) is 10.6. The molecular weight excluding hydrogens is 234 g/mol. The van der Waals surface area contributed by atoms with Crippen molar-refractivity contribution in [2.24, 2.45) is 5.92 Å². The van der Waals surface area contributed by atoms with Crippen LogP contribution in [-0.4, -0.2) is 29.0 Å². The Morgan fingerprint density at radius 3 is 2.76 bits per heavy atom. The van der Waals surface area contributed by atoms with Gasteiger partial charge in [-0.2, -0.15) is 12.6 Å². The molecule has 1 heterocycles. The average molecular weight is 249 g/mol. The van der Waals surface area contributed by atoms with Crippen molar-refractivity contribution in [1.82, 2.24) is 4.90 Å². The molecule has 17 heavy (non-hydrogen) atoms. The maximum atomic E-state index is 12.2. The molecule has 0 aliphatic carbocycles. The van der Waals surface area contributed by atoms with Gasteiger partial charge in [0.25, 0.3) is 5.91 Å². The normalized spacial score (nSPS) is 16.9. The molecule has 0 radical (unpaired) electrons. The first kappa shape index (κ1) is 12.2. The van der Waals surface area contributed by atoms with Crippen molar-refractivity contribution in [2.75, 3.05) is 12.3 Å². The molecule has 0 saturated heterocycles. The molecule has 0 aromatic heterocycles. The number of hydrogen-bond donors (Lipinski definition) is 1. The lowest BCUT2D eigenvalue weighted by molar-refractivity contribution is -0.128. The Morgan fingerprint density at radius 1 is 1.35 bits per heavy atom. The summed E-state index contributed by atoms with van der Waals surface area (Å²) in [6.45, 7) is 2.43. The van der Waals surface area contributed by atoms with Crippen LogP contribution in [0.5, 0.6) is 0 Å². The van der Waals surface area contributed by atoms with E-state index in [1.807, 2.05) is 25.1 Å². The van der Waals surface area contributed by atoms with E-state index in [2.05, 4.69) is 12.6 Å². The third-order valence-electron chi connectivity index (χ3n) is 2.94. The van der Waals surface area contributed by atoms with E-state index in [4.69, 9.17) is 0 Å². The Kier molecular flexibility index (Phi) is 3.52. The number of fused-ring (bicyclic) bond motifs is 1. The third-order valence-corrected chi connectivity index (χ3v) is 3.56. The van der Waals surface area contributed by atoms with Gasteiger partial charge in [-0.25, -0.2) is 0 Å². The van der Waals surface area contributed by atoms with Crippen LogP contribution < -0.4 is 0 Å². The van der Waals surface area contributed by atoms with E-state index in [-0.39, 0.29) is 17.7 Å². The maximum Gasteiger partial charge on any atom is 0.260 e. The molecule has 2 rings (SSSR count). The fourth-order valence-corrected chi connectivity index (χ4v) is 2.07. The molecule has 3 nitrogen and oxygen atoms in total. The van der Waals surface area contributed by atoms with Crippen LogP contribution in [0, 0.1) is 5.92 Å². The van der Waals surface area contributed by atoms with E-state index in [1.165, 1.54) is 4.90 Å². The zero-order chi connectivity index (χ0) is 12.4. The molecule has 1 aliphatic heterocycles. The summed E-state index contributed by atoms with van der Waals surface area (Å²) >= 11 is 4.18. The lowest BCUT2D eigenvalue weighted by Gasteiger charge is -2.28. The van der Waals surface area contributed by atoms with Gasteiger partial charge in [0.2, 0.25) is 5.91 Å². The zero-order valence-electron chi connectivity index (χ0n) is 9.72. The van der Waals surface area contributed by atoms with Crippen LogP contribution in [0.25, 0.3) is 0 Å². The van der Waals surface area contributed by atoms with Crippen LogP contribution in [0.2, 0.25) is 0 Å². The number of imide groups is 1. The van der Waals surface area contributed by atoms with Gasteiger partial charge >= 0.3 is 0 Å². The first-order valence-electron chi connectivity index (χ1n) is 5.67. The van der Waals surface area contributed by atoms with E-state index >= 15 is 0 Å². The number of carbonyl (C=O) groups is 2. The second-order valence-electron chi connectivity index (χ2n) is 4.43. The second-order valence-corrected chi connectivity index (χ2v) is 4.80. The first-order chi connectivity index (χ1) is 8.13. The SMILES string of the molecule is CC(CS)CN1C(=O)Cc2ccccc2C1=O. The average Bonchev–Trinajstić information content (AvgIpc) is 2.34. The van der Waals surface area contributed by atoms with Crippen LogP contribution >= 0.6 is 12.6 Å². The summed E-state index contributed by atoms with van der Waals surface area (Å²) in [5.41, 5.74) is 1.48. The van der Waals surface area contributed by atoms with Gasteiger partial charge < -0.3 is 0 Å². The summed E-state index contributed by atoms with van der Waals surface area (Å²) in [6.07, 6.45) is 0.321. The van der Waals surface area contributed by atoms with Crippen LogP contribution in [0.15, 0.2) is 24.3 Å². The van der Waals surface area contributed by atoms with E-state index in [0.717, 1.165) is 5.56 Å². The second kappa shape index (κ2) is 4.92. The topological polar surface area (TPSA) is 37.4 Å². The maximum absolute atomic E-state index is 12.2. The van der Waals surface area contributed by atoms with Gasteiger partial charge in [0.05, 0.1) is 6.42 Å². The summed E-state index contributed by atoms with van der Waals surface area (Å²) < 4.78 is 0. The number of hydrogen-bond acceptors (Lipinski definition) is 3. The van der Waals surface area contributed by atoms with Crippen LogP contribution in [0.1, 0.15) is 22.8 Å². The van der Waals surface area contributed by atoms with Gasteiger partial charge in [0.1, 0.15) is 0 Å². The molecule has 2 amide bonds. The molecule has 4 heteroatoms. The molecule has 1 aromatic carbocycles. The number of benzene rings is 1. The fourth-order valence-electron chi connectivity index (χ4n) is 1.95. The Morgan fingerprint density at radius 2 is 2.06 bits per heavy atom. The highest BCUT2D eigenvalue weighted by molar-refractivity contribution is 7.80. The minimum absolute atomic E-state index is 0.109. The Hall–Kier alpha value is -1.29. The number of thiol groups is 1. The molecule has 1 aromatic rings. The Bertz CT molecular complexity index is 458. The van der Waals surface area contributed by atoms with E-state index in [1.54, 1.807) is 6.07 Å². The summed E-state index contributed by atoms with van der Waals surface area (Å²) in [5, 5.41) is 0. The van der Waals surface area contributed by atoms with Gasteiger partial charge in [-0.1, -0.05) is 25.1 Å². The third kappa shape index (κ3) is 2.36. The minimum atomic E-state index is -0.175. The fraction of sp³-hybridized carbons (Fsp3) is 0.385. The van der Waals surface area contributed by atoms with Crippen LogP contribution in [0.3, 0.4) is 0 Å². The number of amides is 2. The predicted molar refractivity (Wildman–Crippen MR) is 69.2 cm³/mol. The van der Waals surface area contributed by atoms with Crippen molar-refractivity contribution in [3.8, 4) is 0 Å². The first-order valence-corrected chi connectivity index (χ1v) is 6.30. The van der Waals surface area contributed by atoms with Gasteiger partial charge in [-0.3, -0.25) is 14.5 Å². The number of rotatable bonds is 3. The molecule has 90 valence electrons. The van der Waals surface area contributed by atoms with Crippen molar-refractivity contribution in [3.63, 3.8) is 0 Å². The standard InChI is InChI=1S/C13H15NO2S/c1-9(8-17)7-14-12(15)6-10-4-2-3-5-11(10)13(14)16/h2-5,9,17H,6-8H2,1H3. The summed E-state index contributed by atoms with van der Waals surface area (Å²) in [7, 11) is 0. The molecular formula is C13H15NO2S. The van der Waals surface area contributed by atoms with Gasteiger partial charge in [-0.15, -0.1) is 0 Å². The Balaban J connectivity index is 2.27. The van der Waals surface area contributed by atoms with Gasteiger partial charge in [-0.05, 0) is 23.3 Å².